The highest BCUT2D eigenvalue weighted by Gasteiger charge is 1.99. The summed E-state index contributed by atoms with van der Waals surface area (Å²) in [6, 6.07) is 0. The lowest BCUT2D eigenvalue weighted by atomic mass is 10.2. The zero-order valence-corrected chi connectivity index (χ0v) is 14.4. The molecule has 4 nitrogen and oxygen atoms in total. The van der Waals surface area contributed by atoms with Crippen LogP contribution in [0.25, 0.3) is 0 Å². The van der Waals surface area contributed by atoms with Gasteiger partial charge in [0.1, 0.15) is 0 Å². The molecule has 0 radical (unpaired) electrons. The number of carbonyl (C=O) groups is 2. The molecule has 0 aliphatic heterocycles. The van der Waals surface area contributed by atoms with Gasteiger partial charge < -0.3 is 9.47 Å². The number of hydrogen-bond acceptors (Lipinski definition) is 4. The van der Waals surface area contributed by atoms with Crippen molar-refractivity contribution in [1.82, 2.24) is 0 Å². The lowest BCUT2D eigenvalue weighted by Crippen LogP contribution is -2.04. The molecule has 0 atom stereocenters. The Balaban J connectivity index is 0. The van der Waals surface area contributed by atoms with E-state index in [9.17, 15) is 9.59 Å². The average molecular weight is 302 g/mol. The highest BCUT2D eigenvalue weighted by Crippen LogP contribution is 2.02. The first-order chi connectivity index (χ1) is 10.1. The normalized spacial score (nSPS) is 9.52. The second-order valence-corrected chi connectivity index (χ2v) is 5.06. The van der Waals surface area contributed by atoms with Crippen LogP contribution in [-0.4, -0.2) is 25.7 Å². The fraction of sp³-hybridized carbons (Fsp3) is 0.882. The number of methoxy groups -OCH3 is 1. The number of rotatable bonds is 11. The third kappa shape index (κ3) is 21.4. The van der Waals surface area contributed by atoms with Crippen LogP contribution in [0.15, 0.2) is 0 Å². The first-order valence-corrected chi connectivity index (χ1v) is 8.34. The Kier molecular flexibility index (Phi) is 20.0. The molecule has 126 valence electrons. The SMILES string of the molecule is CCCCCC(=O)OCCC.CCCCCCC(=O)OC. The van der Waals surface area contributed by atoms with Gasteiger partial charge in [-0.15, -0.1) is 0 Å². The number of hydrogen-bond donors (Lipinski definition) is 0. The van der Waals surface area contributed by atoms with Crippen LogP contribution in [0, 0.1) is 0 Å². The monoisotopic (exact) mass is 302 g/mol. The van der Waals surface area contributed by atoms with Crippen LogP contribution in [0.1, 0.15) is 85.0 Å². The molecule has 0 amide bonds. The van der Waals surface area contributed by atoms with Gasteiger partial charge in [-0.2, -0.15) is 0 Å². The van der Waals surface area contributed by atoms with Crippen molar-refractivity contribution in [2.24, 2.45) is 0 Å². The van der Waals surface area contributed by atoms with Crippen LogP contribution in [-0.2, 0) is 19.1 Å². The van der Waals surface area contributed by atoms with Crippen LogP contribution in [0.3, 0.4) is 0 Å². The van der Waals surface area contributed by atoms with E-state index in [1.54, 1.807) is 0 Å². The summed E-state index contributed by atoms with van der Waals surface area (Å²) in [5.74, 6) is -0.128. The molecule has 0 aliphatic rings. The van der Waals surface area contributed by atoms with E-state index in [1.165, 1.54) is 20.0 Å². The standard InChI is InChI=1S/C9H18O2.C8H16O2/c1-3-5-6-7-9(10)11-8-4-2;1-3-4-5-6-7-8(9)10-2/h3-8H2,1-2H3;3-7H2,1-2H3. The number of unbranched alkanes of at least 4 members (excludes halogenated alkanes) is 5. The predicted molar refractivity (Wildman–Crippen MR) is 86.2 cm³/mol. The van der Waals surface area contributed by atoms with Gasteiger partial charge in [-0.3, -0.25) is 9.59 Å². The van der Waals surface area contributed by atoms with Crippen molar-refractivity contribution in [2.75, 3.05) is 13.7 Å². The summed E-state index contributed by atoms with van der Waals surface area (Å²) in [5, 5.41) is 0. The summed E-state index contributed by atoms with van der Waals surface area (Å²) < 4.78 is 9.39. The van der Waals surface area contributed by atoms with Crippen molar-refractivity contribution in [3.63, 3.8) is 0 Å². The molecule has 4 heteroatoms. The summed E-state index contributed by atoms with van der Waals surface area (Å²) >= 11 is 0. The zero-order valence-electron chi connectivity index (χ0n) is 14.4. The highest BCUT2D eigenvalue weighted by molar-refractivity contribution is 5.69. The minimum atomic E-state index is -0.0869. The lowest BCUT2D eigenvalue weighted by Gasteiger charge is -2.01. The van der Waals surface area contributed by atoms with Crippen LogP contribution >= 0.6 is 0 Å². The van der Waals surface area contributed by atoms with E-state index < -0.39 is 0 Å². The Morgan fingerprint density at radius 3 is 1.76 bits per heavy atom. The van der Waals surface area contributed by atoms with Crippen LogP contribution in [0.2, 0.25) is 0 Å². The summed E-state index contributed by atoms with van der Waals surface area (Å²) in [5.41, 5.74) is 0. The van der Waals surface area contributed by atoms with Gasteiger partial charge in [0.25, 0.3) is 0 Å². The Hall–Kier alpha value is -1.06. The van der Waals surface area contributed by atoms with Gasteiger partial charge in [-0.1, -0.05) is 52.9 Å². The van der Waals surface area contributed by atoms with Crippen molar-refractivity contribution in [2.45, 2.75) is 85.0 Å². The van der Waals surface area contributed by atoms with Gasteiger partial charge in [-0.25, -0.2) is 0 Å². The predicted octanol–water partition coefficient (Wildman–Crippen LogP) is 4.65. The quantitative estimate of drug-likeness (QED) is 0.412. The molecule has 0 bridgehead atoms. The fourth-order valence-electron chi connectivity index (χ4n) is 1.61. The molecule has 0 heterocycles. The molecular formula is C17H34O4. The van der Waals surface area contributed by atoms with E-state index in [1.807, 2.05) is 6.92 Å². The van der Waals surface area contributed by atoms with Crippen molar-refractivity contribution < 1.29 is 19.1 Å². The lowest BCUT2D eigenvalue weighted by molar-refractivity contribution is -0.144. The van der Waals surface area contributed by atoms with Crippen LogP contribution < -0.4 is 0 Å². The van der Waals surface area contributed by atoms with E-state index in [0.717, 1.165) is 38.5 Å². The molecule has 0 rings (SSSR count). The van der Waals surface area contributed by atoms with Gasteiger partial charge in [0, 0.05) is 12.8 Å². The second kappa shape index (κ2) is 18.9. The van der Waals surface area contributed by atoms with Gasteiger partial charge in [0.2, 0.25) is 0 Å². The fourth-order valence-corrected chi connectivity index (χ4v) is 1.61. The van der Waals surface area contributed by atoms with Gasteiger partial charge in [0.05, 0.1) is 13.7 Å². The van der Waals surface area contributed by atoms with Crippen molar-refractivity contribution in [3.05, 3.63) is 0 Å². The molecule has 0 saturated heterocycles. The second-order valence-electron chi connectivity index (χ2n) is 5.06. The Bertz CT molecular complexity index is 239. The van der Waals surface area contributed by atoms with Crippen molar-refractivity contribution in [3.8, 4) is 0 Å². The molecule has 0 aromatic heterocycles. The molecule has 0 aromatic carbocycles. The van der Waals surface area contributed by atoms with Crippen molar-refractivity contribution >= 4 is 11.9 Å². The van der Waals surface area contributed by atoms with Crippen LogP contribution in [0.5, 0.6) is 0 Å². The summed E-state index contributed by atoms with van der Waals surface area (Å²) in [6.07, 6.45) is 9.88. The minimum Gasteiger partial charge on any atom is -0.469 e. The molecule has 0 fully saturated rings. The number of carbonyl (C=O) groups excluding carboxylic acids is 2. The Morgan fingerprint density at radius 1 is 0.714 bits per heavy atom. The maximum Gasteiger partial charge on any atom is 0.305 e. The minimum absolute atomic E-state index is 0.0414. The Morgan fingerprint density at radius 2 is 1.24 bits per heavy atom. The topological polar surface area (TPSA) is 52.6 Å². The van der Waals surface area contributed by atoms with E-state index in [0.29, 0.717) is 19.4 Å². The third-order valence-electron chi connectivity index (χ3n) is 2.91. The van der Waals surface area contributed by atoms with E-state index >= 15 is 0 Å². The smallest absolute Gasteiger partial charge is 0.305 e. The van der Waals surface area contributed by atoms with E-state index in [2.05, 4.69) is 18.6 Å². The Labute approximate surface area is 130 Å². The van der Waals surface area contributed by atoms with Gasteiger partial charge >= 0.3 is 11.9 Å². The maximum atomic E-state index is 10.9. The molecule has 0 aromatic rings. The maximum absolute atomic E-state index is 10.9. The first-order valence-electron chi connectivity index (χ1n) is 8.34. The largest absolute Gasteiger partial charge is 0.469 e. The average Bonchev–Trinajstić information content (AvgIpc) is 2.50. The molecule has 0 N–H and O–H groups in total. The van der Waals surface area contributed by atoms with Crippen LogP contribution in [0.4, 0.5) is 0 Å². The van der Waals surface area contributed by atoms with E-state index in [4.69, 9.17) is 4.74 Å². The summed E-state index contributed by atoms with van der Waals surface area (Å²) in [6.45, 7) is 6.85. The van der Waals surface area contributed by atoms with Gasteiger partial charge in [-0.05, 0) is 19.3 Å². The molecule has 0 spiro atoms. The first kappa shape index (κ1) is 22.2. The molecular weight excluding hydrogens is 268 g/mol. The number of ether oxygens (including phenoxy) is 2. The van der Waals surface area contributed by atoms with Gasteiger partial charge in [0.15, 0.2) is 0 Å². The molecule has 0 saturated carbocycles. The van der Waals surface area contributed by atoms with Crippen molar-refractivity contribution in [1.29, 1.82) is 0 Å². The zero-order chi connectivity index (χ0) is 16.3. The molecule has 0 unspecified atom stereocenters. The number of esters is 2. The summed E-state index contributed by atoms with van der Waals surface area (Å²) in [4.78, 5) is 21.4. The third-order valence-corrected chi connectivity index (χ3v) is 2.91. The molecule has 21 heavy (non-hydrogen) atoms. The molecule has 0 aliphatic carbocycles. The van der Waals surface area contributed by atoms with E-state index in [-0.39, 0.29) is 11.9 Å². The highest BCUT2D eigenvalue weighted by atomic mass is 16.5. The summed E-state index contributed by atoms with van der Waals surface area (Å²) in [7, 11) is 1.43.